The van der Waals surface area contributed by atoms with Gasteiger partial charge in [-0.1, -0.05) is 17.8 Å². The summed E-state index contributed by atoms with van der Waals surface area (Å²) in [6, 6.07) is 5.17. The standard InChI is InChI=1S/C11H12N2O2S/c1-7-5-15-11(13-7)16-6-8-2-3-10(14)9(12)4-8/h2-5,14H,6,12H2,1H3. The first-order valence-corrected chi connectivity index (χ1v) is 5.76. The van der Waals surface area contributed by atoms with Crippen molar-refractivity contribution in [2.24, 2.45) is 0 Å². The highest BCUT2D eigenvalue weighted by molar-refractivity contribution is 7.98. The van der Waals surface area contributed by atoms with Crippen LogP contribution in [0.25, 0.3) is 0 Å². The Labute approximate surface area is 97.5 Å². The fourth-order valence-corrected chi connectivity index (χ4v) is 2.03. The molecule has 16 heavy (non-hydrogen) atoms. The van der Waals surface area contributed by atoms with Crippen LogP contribution in [0.3, 0.4) is 0 Å². The molecule has 0 saturated carbocycles. The second-order valence-electron chi connectivity index (χ2n) is 3.44. The summed E-state index contributed by atoms with van der Waals surface area (Å²) in [5, 5.41) is 9.91. The topological polar surface area (TPSA) is 72.3 Å². The molecule has 0 fully saturated rings. The zero-order valence-corrected chi connectivity index (χ0v) is 9.62. The maximum absolute atomic E-state index is 9.27. The Hall–Kier alpha value is -1.62. The largest absolute Gasteiger partial charge is 0.506 e. The van der Waals surface area contributed by atoms with E-state index in [9.17, 15) is 5.11 Å². The lowest BCUT2D eigenvalue weighted by Crippen LogP contribution is -1.88. The number of aryl methyl sites for hydroxylation is 1. The summed E-state index contributed by atoms with van der Waals surface area (Å²) in [5.74, 6) is 0.825. The van der Waals surface area contributed by atoms with E-state index in [-0.39, 0.29) is 5.75 Å². The molecule has 1 heterocycles. The third-order valence-electron chi connectivity index (χ3n) is 2.05. The lowest BCUT2D eigenvalue weighted by Gasteiger charge is -2.02. The van der Waals surface area contributed by atoms with Gasteiger partial charge in [-0.25, -0.2) is 4.98 Å². The van der Waals surface area contributed by atoms with E-state index in [4.69, 9.17) is 10.2 Å². The van der Waals surface area contributed by atoms with Crippen LogP contribution < -0.4 is 5.73 Å². The van der Waals surface area contributed by atoms with Crippen LogP contribution in [0.1, 0.15) is 11.3 Å². The molecule has 0 radical (unpaired) electrons. The molecule has 3 N–H and O–H groups in total. The second-order valence-corrected chi connectivity index (χ2v) is 4.36. The van der Waals surface area contributed by atoms with Gasteiger partial charge in [-0.2, -0.15) is 0 Å². The highest BCUT2D eigenvalue weighted by Crippen LogP contribution is 2.26. The lowest BCUT2D eigenvalue weighted by molar-refractivity contribution is 0.454. The van der Waals surface area contributed by atoms with Gasteiger partial charge in [-0.05, 0) is 24.6 Å². The number of nitrogens with zero attached hydrogens (tertiary/aromatic N) is 1. The number of rotatable bonds is 3. The number of benzene rings is 1. The number of anilines is 1. The maximum atomic E-state index is 9.27. The predicted octanol–water partition coefficient (Wildman–Crippen LogP) is 2.56. The molecule has 2 rings (SSSR count). The van der Waals surface area contributed by atoms with E-state index >= 15 is 0 Å². The van der Waals surface area contributed by atoms with Crippen molar-refractivity contribution in [1.82, 2.24) is 4.98 Å². The third-order valence-corrected chi connectivity index (χ3v) is 2.96. The van der Waals surface area contributed by atoms with Crippen molar-refractivity contribution in [3.8, 4) is 5.75 Å². The monoisotopic (exact) mass is 236 g/mol. The lowest BCUT2D eigenvalue weighted by atomic mass is 10.2. The number of aromatic hydroxyl groups is 1. The first kappa shape index (κ1) is 10.9. The molecule has 5 heteroatoms. The minimum Gasteiger partial charge on any atom is -0.506 e. The molecule has 0 unspecified atom stereocenters. The molecular formula is C11H12N2O2S. The van der Waals surface area contributed by atoms with Crippen molar-refractivity contribution in [3.63, 3.8) is 0 Å². The molecule has 0 saturated heterocycles. The fourth-order valence-electron chi connectivity index (χ4n) is 1.24. The van der Waals surface area contributed by atoms with Gasteiger partial charge in [0.15, 0.2) is 0 Å². The normalized spacial score (nSPS) is 10.6. The van der Waals surface area contributed by atoms with E-state index < -0.39 is 0 Å². The minimum absolute atomic E-state index is 0.112. The molecule has 2 aromatic rings. The van der Waals surface area contributed by atoms with Crippen LogP contribution in [0.15, 0.2) is 34.1 Å². The number of thioether (sulfide) groups is 1. The molecule has 4 nitrogen and oxygen atoms in total. The van der Waals surface area contributed by atoms with Crippen molar-refractivity contribution in [3.05, 3.63) is 35.7 Å². The van der Waals surface area contributed by atoms with Gasteiger partial charge in [-0.15, -0.1) is 0 Å². The van der Waals surface area contributed by atoms with Crippen LogP contribution >= 0.6 is 11.8 Å². The highest BCUT2D eigenvalue weighted by Gasteiger charge is 2.04. The highest BCUT2D eigenvalue weighted by atomic mass is 32.2. The average molecular weight is 236 g/mol. The number of oxazole rings is 1. The zero-order valence-electron chi connectivity index (χ0n) is 8.80. The van der Waals surface area contributed by atoms with Crippen LogP contribution in [0, 0.1) is 6.92 Å². The zero-order chi connectivity index (χ0) is 11.5. The Balaban J connectivity index is 2.02. The number of hydrogen-bond donors (Lipinski definition) is 2. The molecular weight excluding hydrogens is 224 g/mol. The number of phenolic OH excluding ortho intramolecular Hbond substituents is 1. The quantitative estimate of drug-likeness (QED) is 0.487. The number of hydrogen-bond acceptors (Lipinski definition) is 5. The van der Waals surface area contributed by atoms with Crippen LogP contribution in [0.2, 0.25) is 0 Å². The van der Waals surface area contributed by atoms with Gasteiger partial charge >= 0.3 is 0 Å². The van der Waals surface area contributed by atoms with Crippen molar-refractivity contribution >= 4 is 17.4 Å². The molecule has 0 amide bonds. The van der Waals surface area contributed by atoms with Crippen molar-refractivity contribution in [1.29, 1.82) is 0 Å². The van der Waals surface area contributed by atoms with Gasteiger partial charge in [0.25, 0.3) is 5.22 Å². The fraction of sp³-hybridized carbons (Fsp3) is 0.182. The summed E-state index contributed by atoms with van der Waals surface area (Å²) in [7, 11) is 0. The van der Waals surface area contributed by atoms with Gasteiger partial charge in [0, 0.05) is 5.75 Å². The molecule has 0 atom stereocenters. The summed E-state index contributed by atoms with van der Waals surface area (Å²) in [6.45, 7) is 1.88. The average Bonchev–Trinajstić information content (AvgIpc) is 2.66. The summed E-state index contributed by atoms with van der Waals surface area (Å²) in [6.07, 6.45) is 1.62. The van der Waals surface area contributed by atoms with E-state index in [2.05, 4.69) is 4.98 Å². The smallest absolute Gasteiger partial charge is 0.256 e. The molecule has 0 aliphatic heterocycles. The van der Waals surface area contributed by atoms with Crippen molar-refractivity contribution < 1.29 is 9.52 Å². The van der Waals surface area contributed by atoms with E-state index in [1.54, 1.807) is 18.4 Å². The van der Waals surface area contributed by atoms with Crippen LogP contribution in [0.5, 0.6) is 5.75 Å². The van der Waals surface area contributed by atoms with Crippen molar-refractivity contribution in [2.75, 3.05) is 5.73 Å². The van der Waals surface area contributed by atoms with Gasteiger partial charge < -0.3 is 15.3 Å². The Morgan fingerprint density at radius 2 is 2.31 bits per heavy atom. The Bertz CT molecular complexity index is 496. The van der Waals surface area contributed by atoms with E-state index in [0.717, 1.165) is 11.3 Å². The Morgan fingerprint density at radius 1 is 1.50 bits per heavy atom. The summed E-state index contributed by atoms with van der Waals surface area (Å²) in [4.78, 5) is 4.18. The SMILES string of the molecule is Cc1coc(SCc2ccc(O)c(N)c2)n1. The van der Waals surface area contributed by atoms with Gasteiger partial charge in [0.2, 0.25) is 0 Å². The van der Waals surface area contributed by atoms with Gasteiger partial charge in [0.05, 0.1) is 11.4 Å². The molecule has 0 bridgehead atoms. The molecule has 1 aromatic carbocycles. The van der Waals surface area contributed by atoms with E-state index in [0.29, 0.717) is 16.7 Å². The summed E-state index contributed by atoms with van der Waals surface area (Å²) < 4.78 is 5.21. The molecule has 84 valence electrons. The maximum Gasteiger partial charge on any atom is 0.256 e. The third kappa shape index (κ3) is 2.49. The predicted molar refractivity (Wildman–Crippen MR) is 63.3 cm³/mol. The summed E-state index contributed by atoms with van der Waals surface area (Å²) in [5.41, 5.74) is 7.88. The van der Waals surface area contributed by atoms with Crippen LogP contribution in [0.4, 0.5) is 5.69 Å². The number of nitrogen functional groups attached to an aromatic ring is 1. The summed E-state index contributed by atoms with van der Waals surface area (Å²) >= 11 is 1.49. The van der Waals surface area contributed by atoms with Crippen molar-refractivity contribution in [2.45, 2.75) is 17.9 Å². The van der Waals surface area contributed by atoms with Gasteiger partial charge in [0.1, 0.15) is 12.0 Å². The van der Waals surface area contributed by atoms with E-state index in [1.165, 1.54) is 11.8 Å². The number of nitrogens with two attached hydrogens (primary N) is 1. The van der Waals surface area contributed by atoms with Crippen LogP contribution in [-0.2, 0) is 5.75 Å². The molecule has 0 aliphatic rings. The molecule has 0 aliphatic carbocycles. The molecule has 0 spiro atoms. The Kier molecular flexibility index (Phi) is 3.05. The van der Waals surface area contributed by atoms with Gasteiger partial charge in [-0.3, -0.25) is 0 Å². The van der Waals surface area contributed by atoms with E-state index in [1.807, 2.05) is 13.0 Å². The Morgan fingerprint density at radius 3 is 2.94 bits per heavy atom. The first-order valence-electron chi connectivity index (χ1n) is 4.77. The number of phenols is 1. The minimum atomic E-state index is 0.112. The second kappa shape index (κ2) is 4.49. The van der Waals surface area contributed by atoms with Crippen LogP contribution in [-0.4, -0.2) is 10.1 Å². The first-order chi connectivity index (χ1) is 7.65. The number of aromatic nitrogens is 1. The molecule has 1 aromatic heterocycles.